The highest BCUT2D eigenvalue weighted by Crippen LogP contribution is 2.45. The summed E-state index contributed by atoms with van der Waals surface area (Å²) >= 11 is 0. The van der Waals surface area contributed by atoms with Gasteiger partial charge in [-0.2, -0.15) is 5.26 Å². The number of para-hydroxylation sites is 7. The molecule has 5 heteroatoms. The molecule has 55 heavy (non-hydrogen) atoms. The summed E-state index contributed by atoms with van der Waals surface area (Å²) in [7, 11) is 0. The largest absolute Gasteiger partial charge is 0.317 e. The van der Waals surface area contributed by atoms with E-state index in [1.165, 1.54) is 10.8 Å². The van der Waals surface area contributed by atoms with Crippen molar-refractivity contribution in [3.05, 3.63) is 193 Å². The molecular formula is C50H29N5. The Balaban J connectivity index is 1.23. The first-order valence-corrected chi connectivity index (χ1v) is 18.3. The van der Waals surface area contributed by atoms with Gasteiger partial charge in [-0.25, -0.2) is 4.85 Å². The number of rotatable bonds is 4. The minimum atomic E-state index is 0.513. The summed E-state index contributed by atoms with van der Waals surface area (Å²) in [5, 5.41) is 17.2. The Bertz CT molecular complexity index is 3420. The van der Waals surface area contributed by atoms with E-state index in [9.17, 15) is 5.26 Å². The fourth-order valence-corrected chi connectivity index (χ4v) is 8.87. The molecule has 0 N–H and O–H groups in total. The third-order valence-electron chi connectivity index (χ3n) is 11.1. The zero-order valence-electron chi connectivity index (χ0n) is 29.5. The van der Waals surface area contributed by atoms with E-state index in [0.717, 1.165) is 82.8 Å². The highest BCUT2D eigenvalue weighted by atomic mass is 15.0. The van der Waals surface area contributed by atoms with Gasteiger partial charge < -0.3 is 13.7 Å². The van der Waals surface area contributed by atoms with Crippen molar-refractivity contribution in [3.8, 4) is 34.3 Å². The van der Waals surface area contributed by atoms with Crippen molar-refractivity contribution < 1.29 is 0 Å². The molecular weight excluding hydrogens is 671 g/mol. The van der Waals surface area contributed by atoms with Gasteiger partial charge in [0, 0.05) is 43.6 Å². The standard InChI is InChI=1S/C50H29N5/c1-52-42-22-13-21-41(50(42)55-47-27-11-6-18-37(47)40-20-12-14-32(31-51)49(40)55)38-19-5-10-26-46(38)54-45-25-9-4-17-36(45)39-29-28-33(30-48(39)54)53-43-23-7-2-15-34(43)35-16-3-8-24-44(35)53/h2-30H. The molecule has 0 aliphatic carbocycles. The average Bonchev–Trinajstić information content (AvgIpc) is 3.89. The summed E-state index contributed by atoms with van der Waals surface area (Å²) in [6, 6.07) is 63.6. The number of nitriles is 1. The van der Waals surface area contributed by atoms with E-state index >= 15 is 0 Å². The zero-order chi connectivity index (χ0) is 36.6. The Morgan fingerprint density at radius 1 is 0.436 bits per heavy atom. The van der Waals surface area contributed by atoms with Crippen LogP contribution >= 0.6 is 0 Å². The second-order valence-electron chi connectivity index (χ2n) is 13.9. The first kappa shape index (κ1) is 30.7. The lowest BCUT2D eigenvalue weighted by atomic mass is 9.99. The number of fused-ring (bicyclic) bond motifs is 9. The zero-order valence-corrected chi connectivity index (χ0v) is 29.5. The number of benzene rings is 8. The fraction of sp³-hybridized carbons (Fsp3) is 0. The van der Waals surface area contributed by atoms with E-state index in [1.807, 2.05) is 36.4 Å². The molecule has 0 aliphatic rings. The highest BCUT2D eigenvalue weighted by Gasteiger charge is 2.23. The normalized spacial score (nSPS) is 11.6. The van der Waals surface area contributed by atoms with Gasteiger partial charge in [0.25, 0.3) is 0 Å². The van der Waals surface area contributed by atoms with Gasteiger partial charge in [0.2, 0.25) is 5.69 Å². The van der Waals surface area contributed by atoms with E-state index < -0.39 is 0 Å². The minimum Gasteiger partial charge on any atom is -0.317 e. The first-order valence-electron chi connectivity index (χ1n) is 18.3. The molecule has 0 radical (unpaired) electrons. The summed E-state index contributed by atoms with van der Waals surface area (Å²) < 4.78 is 6.87. The summed E-state index contributed by atoms with van der Waals surface area (Å²) in [5.41, 5.74) is 12.0. The van der Waals surface area contributed by atoms with Crippen LogP contribution in [0.4, 0.5) is 5.69 Å². The van der Waals surface area contributed by atoms with E-state index in [4.69, 9.17) is 6.57 Å². The van der Waals surface area contributed by atoms with Crippen LogP contribution in [0.1, 0.15) is 5.56 Å². The molecule has 3 aromatic heterocycles. The predicted octanol–water partition coefficient (Wildman–Crippen LogP) is 13.1. The smallest absolute Gasteiger partial charge is 0.211 e. The molecule has 0 unspecified atom stereocenters. The molecule has 0 aliphatic heterocycles. The molecule has 0 saturated carbocycles. The van der Waals surface area contributed by atoms with Crippen molar-refractivity contribution in [1.29, 1.82) is 5.26 Å². The molecule has 5 nitrogen and oxygen atoms in total. The molecule has 254 valence electrons. The SMILES string of the molecule is [C-]#[N+]c1cccc(-c2ccccc2-n2c3ccccc3c3ccc(-n4c5ccccc5c5ccccc54)cc32)c1-n1c2ccccc2c2cccc(C#N)c21. The van der Waals surface area contributed by atoms with Crippen molar-refractivity contribution in [2.45, 2.75) is 0 Å². The highest BCUT2D eigenvalue weighted by molar-refractivity contribution is 6.14. The van der Waals surface area contributed by atoms with E-state index in [-0.39, 0.29) is 0 Å². The molecule has 0 atom stereocenters. The average molecular weight is 700 g/mol. The molecule has 8 aromatic carbocycles. The second-order valence-corrected chi connectivity index (χ2v) is 13.9. The summed E-state index contributed by atoms with van der Waals surface area (Å²) in [5.74, 6) is 0. The van der Waals surface area contributed by atoms with Gasteiger partial charge in [-0.3, -0.25) is 0 Å². The fourth-order valence-electron chi connectivity index (χ4n) is 8.87. The van der Waals surface area contributed by atoms with Crippen molar-refractivity contribution in [2.24, 2.45) is 0 Å². The lowest BCUT2D eigenvalue weighted by Gasteiger charge is -2.20. The van der Waals surface area contributed by atoms with Crippen molar-refractivity contribution in [3.63, 3.8) is 0 Å². The van der Waals surface area contributed by atoms with Gasteiger partial charge >= 0.3 is 0 Å². The summed E-state index contributed by atoms with van der Waals surface area (Å²) in [6.45, 7) is 8.42. The van der Waals surface area contributed by atoms with Crippen molar-refractivity contribution in [2.75, 3.05) is 0 Å². The molecule has 0 bridgehead atoms. The van der Waals surface area contributed by atoms with Crippen LogP contribution in [0.2, 0.25) is 0 Å². The maximum Gasteiger partial charge on any atom is 0.211 e. The Hall–Kier alpha value is -7.86. The summed E-state index contributed by atoms with van der Waals surface area (Å²) in [4.78, 5) is 4.10. The van der Waals surface area contributed by atoms with Gasteiger partial charge in [0.1, 0.15) is 6.07 Å². The van der Waals surface area contributed by atoms with E-state index in [0.29, 0.717) is 11.3 Å². The number of aromatic nitrogens is 3. The van der Waals surface area contributed by atoms with Gasteiger partial charge in [-0.15, -0.1) is 0 Å². The maximum absolute atomic E-state index is 10.4. The van der Waals surface area contributed by atoms with Crippen LogP contribution in [-0.2, 0) is 0 Å². The Kier molecular flexibility index (Phi) is 6.61. The van der Waals surface area contributed by atoms with Gasteiger partial charge in [0.15, 0.2) is 0 Å². The number of hydrogen-bond acceptors (Lipinski definition) is 1. The quantitative estimate of drug-likeness (QED) is 0.169. The van der Waals surface area contributed by atoms with Crippen LogP contribution in [0.15, 0.2) is 176 Å². The maximum atomic E-state index is 10.4. The lowest BCUT2D eigenvalue weighted by molar-refractivity contribution is 1.15. The Morgan fingerprint density at radius 3 is 1.60 bits per heavy atom. The predicted molar refractivity (Wildman–Crippen MR) is 226 cm³/mol. The van der Waals surface area contributed by atoms with Gasteiger partial charge in [-0.05, 0) is 54.1 Å². The molecule has 0 saturated heterocycles. The number of nitrogens with zero attached hydrogens (tertiary/aromatic N) is 5. The van der Waals surface area contributed by atoms with Crippen LogP contribution < -0.4 is 0 Å². The van der Waals surface area contributed by atoms with E-state index in [2.05, 4.69) is 164 Å². The van der Waals surface area contributed by atoms with Crippen molar-refractivity contribution in [1.82, 2.24) is 13.7 Å². The van der Waals surface area contributed by atoms with Crippen LogP contribution in [-0.4, -0.2) is 13.7 Å². The van der Waals surface area contributed by atoms with Crippen molar-refractivity contribution >= 4 is 71.1 Å². The Morgan fingerprint density at radius 2 is 0.945 bits per heavy atom. The van der Waals surface area contributed by atoms with Gasteiger partial charge in [-0.1, -0.05) is 127 Å². The van der Waals surface area contributed by atoms with Crippen LogP contribution in [0.5, 0.6) is 0 Å². The minimum absolute atomic E-state index is 0.513. The first-order chi connectivity index (χ1) is 27.2. The molecule has 0 amide bonds. The molecule has 3 heterocycles. The third-order valence-corrected chi connectivity index (χ3v) is 11.1. The monoisotopic (exact) mass is 699 g/mol. The third kappa shape index (κ3) is 4.33. The summed E-state index contributed by atoms with van der Waals surface area (Å²) in [6.07, 6.45) is 0. The molecule has 0 fully saturated rings. The number of hydrogen-bond donors (Lipinski definition) is 0. The molecule has 11 aromatic rings. The Labute approximate surface area is 316 Å². The molecule has 0 spiro atoms. The van der Waals surface area contributed by atoms with Gasteiger partial charge in [0.05, 0.1) is 56.6 Å². The van der Waals surface area contributed by atoms with E-state index in [1.54, 1.807) is 0 Å². The molecule has 11 rings (SSSR count). The second kappa shape index (κ2) is 11.8. The topological polar surface area (TPSA) is 42.9 Å². The lowest BCUT2D eigenvalue weighted by Crippen LogP contribution is -2.02. The van der Waals surface area contributed by atoms with Crippen LogP contribution in [0, 0.1) is 17.9 Å². The van der Waals surface area contributed by atoms with Crippen LogP contribution in [0.3, 0.4) is 0 Å². The van der Waals surface area contributed by atoms with Crippen LogP contribution in [0.25, 0.3) is 98.5 Å².